The highest BCUT2D eigenvalue weighted by molar-refractivity contribution is 5.45. The molecule has 0 bridgehead atoms. The number of rotatable bonds is 37. The molecule has 0 aliphatic carbocycles. The summed E-state index contributed by atoms with van der Waals surface area (Å²) in [6.07, 6.45) is 0.768. The molecule has 0 fully saturated rings. The zero-order chi connectivity index (χ0) is 38.4. The maximum Gasteiger partial charge on any atom is 0.207 e. The summed E-state index contributed by atoms with van der Waals surface area (Å²) in [6.45, 7) is 25.6. The second kappa shape index (κ2) is 32.4. The molecule has 0 atom stereocenters. The average Bonchev–Trinajstić information content (AvgIpc) is 3.11. The Morgan fingerprint density at radius 1 is 0.294 bits per heavy atom. The van der Waals surface area contributed by atoms with Crippen molar-refractivity contribution in [1.29, 1.82) is 0 Å². The van der Waals surface area contributed by atoms with Crippen molar-refractivity contribution in [2.75, 3.05) is 242 Å². The summed E-state index contributed by atoms with van der Waals surface area (Å²) < 4.78 is 0. The number of carbonyl (C=O) groups excluding carboxylic acids is 1. The molecule has 0 aromatic rings. The molecule has 1 amide bonds. The maximum absolute atomic E-state index is 10.4. The largest absolute Gasteiger partial charge is 0.357 e. The van der Waals surface area contributed by atoms with Crippen LogP contribution in [-0.4, -0.2) is 302 Å². The van der Waals surface area contributed by atoms with Crippen molar-refractivity contribution >= 4 is 6.41 Å². The summed E-state index contributed by atoms with van der Waals surface area (Å²) in [7, 11) is 26.5. The van der Waals surface area contributed by atoms with Gasteiger partial charge in [-0.3, -0.25) is 4.79 Å². The SMILES string of the molecule is CNCCN(C)CCN(C)CCN(C)CCN(C)CCN(C)CCN(C)CCN(C)CCN(C)CCN(C)CCN(C)CCN(C)CCNC=O. The number of amides is 1. The lowest BCUT2D eigenvalue weighted by atomic mass is 10.4. The lowest BCUT2D eigenvalue weighted by molar-refractivity contribution is -0.109. The molecule has 0 saturated carbocycles. The lowest BCUT2D eigenvalue weighted by Crippen LogP contribution is -2.41. The van der Waals surface area contributed by atoms with E-state index in [9.17, 15) is 4.79 Å². The summed E-state index contributed by atoms with van der Waals surface area (Å²) >= 11 is 0. The van der Waals surface area contributed by atoms with Crippen molar-refractivity contribution in [3.63, 3.8) is 0 Å². The van der Waals surface area contributed by atoms with Crippen molar-refractivity contribution < 1.29 is 4.79 Å². The van der Waals surface area contributed by atoms with Gasteiger partial charge in [-0.15, -0.1) is 0 Å². The van der Waals surface area contributed by atoms with Crippen LogP contribution in [0.4, 0.5) is 0 Å². The number of carbonyl (C=O) groups is 1. The molecule has 14 heteroatoms. The fourth-order valence-electron chi connectivity index (χ4n) is 5.26. The molecule has 0 spiro atoms. The van der Waals surface area contributed by atoms with Crippen molar-refractivity contribution in [2.24, 2.45) is 0 Å². The summed E-state index contributed by atoms with van der Waals surface area (Å²) in [4.78, 5) is 37.2. The molecule has 0 heterocycles. The molecule has 0 radical (unpaired) electrons. The number of hydrogen-bond acceptors (Lipinski definition) is 13. The van der Waals surface area contributed by atoms with Gasteiger partial charge in [0.25, 0.3) is 0 Å². The van der Waals surface area contributed by atoms with Crippen molar-refractivity contribution in [3.05, 3.63) is 0 Å². The number of nitrogens with zero attached hydrogens (tertiary/aromatic N) is 11. The third-order valence-corrected chi connectivity index (χ3v) is 10.1. The highest BCUT2D eigenvalue weighted by Crippen LogP contribution is 1.96. The molecule has 2 N–H and O–H groups in total. The maximum atomic E-state index is 10.4. The normalized spacial score (nSPS) is 12.8. The molecule has 306 valence electrons. The van der Waals surface area contributed by atoms with Crippen LogP contribution in [0.2, 0.25) is 0 Å². The van der Waals surface area contributed by atoms with Crippen LogP contribution in [0.25, 0.3) is 0 Å². The summed E-state index contributed by atoms with van der Waals surface area (Å²) in [5.74, 6) is 0. The predicted molar refractivity (Wildman–Crippen MR) is 220 cm³/mol. The van der Waals surface area contributed by atoms with Gasteiger partial charge in [-0.2, -0.15) is 0 Å². The van der Waals surface area contributed by atoms with Gasteiger partial charge in [0.2, 0.25) is 6.41 Å². The lowest BCUT2D eigenvalue weighted by Gasteiger charge is -2.28. The molecule has 51 heavy (non-hydrogen) atoms. The van der Waals surface area contributed by atoms with Crippen LogP contribution in [0.3, 0.4) is 0 Å². The van der Waals surface area contributed by atoms with Gasteiger partial charge >= 0.3 is 0 Å². The third kappa shape index (κ3) is 32.2. The topological polar surface area (TPSA) is 76.8 Å². The molecule has 0 rings (SSSR count). The first-order chi connectivity index (χ1) is 24.2. The number of nitrogens with one attached hydrogen (secondary N) is 2. The van der Waals surface area contributed by atoms with Crippen LogP contribution < -0.4 is 10.6 Å². The average molecular weight is 730 g/mol. The van der Waals surface area contributed by atoms with Gasteiger partial charge in [0.05, 0.1) is 0 Å². The van der Waals surface area contributed by atoms with Crippen LogP contribution in [0.15, 0.2) is 0 Å². The molecule has 0 unspecified atom stereocenters. The molecule has 0 aliphatic heterocycles. The van der Waals surface area contributed by atoms with Crippen molar-refractivity contribution in [1.82, 2.24) is 64.5 Å². The Morgan fingerprint density at radius 3 is 0.608 bits per heavy atom. The van der Waals surface area contributed by atoms with E-state index in [1.807, 2.05) is 7.05 Å². The molecular weight excluding hydrogens is 642 g/mol. The quantitative estimate of drug-likeness (QED) is 0.0559. The number of hydrogen-bond donors (Lipinski definition) is 2. The minimum atomic E-state index is 0.707. The van der Waals surface area contributed by atoms with Crippen molar-refractivity contribution in [3.8, 4) is 0 Å². The van der Waals surface area contributed by atoms with Gasteiger partial charge in [0.15, 0.2) is 0 Å². The summed E-state index contributed by atoms with van der Waals surface area (Å²) in [6, 6.07) is 0. The van der Waals surface area contributed by atoms with E-state index >= 15 is 0 Å². The summed E-state index contributed by atoms with van der Waals surface area (Å²) in [5.41, 5.74) is 0. The highest BCUT2D eigenvalue weighted by Gasteiger charge is 2.10. The van der Waals surface area contributed by atoms with Crippen LogP contribution in [-0.2, 0) is 4.79 Å². The van der Waals surface area contributed by atoms with E-state index in [2.05, 4.69) is 142 Å². The van der Waals surface area contributed by atoms with E-state index in [1.165, 1.54) is 0 Å². The minimum Gasteiger partial charge on any atom is -0.357 e. The number of likely N-dealkylation sites (N-methyl/N-ethyl adjacent to an activating group) is 12. The summed E-state index contributed by atoms with van der Waals surface area (Å²) in [5, 5.41) is 5.95. The van der Waals surface area contributed by atoms with E-state index in [0.717, 1.165) is 157 Å². The van der Waals surface area contributed by atoms with E-state index in [0.29, 0.717) is 6.54 Å². The fraction of sp³-hybridized carbons (Fsp3) is 0.973. The molecular formula is C37H87N13O. The van der Waals surface area contributed by atoms with E-state index < -0.39 is 0 Å². The second-order valence-corrected chi connectivity index (χ2v) is 15.5. The first kappa shape index (κ1) is 50.0. The van der Waals surface area contributed by atoms with Gasteiger partial charge < -0.3 is 64.5 Å². The van der Waals surface area contributed by atoms with Crippen LogP contribution >= 0.6 is 0 Å². The Labute approximate surface area is 316 Å². The Balaban J connectivity index is 3.93. The second-order valence-electron chi connectivity index (χ2n) is 15.5. The Morgan fingerprint density at radius 2 is 0.451 bits per heavy atom. The molecule has 0 aromatic heterocycles. The van der Waals surface area contributed by atoms with E-state index in [-0.39, 0.29) is 0 Å². The van der Waals surface area contributed by atoms with Crippen LogP contribution in [0.5, 0.6) is 0 Å². The Hall–Kier alpha value is -1.01. The first-order valence-corrected chi connectivity index (χ1v) is 19.6. The minimum absolute atomic E-state index is 0.707. The molecule has 14 nitrogen and oxygen atoms in total. The third-order valence-electron chi connectivity index (χ3n) is 10.1. The smallest absolute Gasteiger partial charge is 0.207 e. The van der Waals surface area contributed by atoms with Gasteiger partial charge in [0, 0.05) is 157 Å². The van der Waals surface area contributed by atoms with Crippen molar-refractivity contribution in [2.45, 2.75) is 0 Å². The fourth-order valence-corrected chi connectivity index (χ4v) is 5.26. The van der Waals surface area contributed by atoms with Crippen LogP contribution in [0.1, 0.15) is 0 Å². The first-order valence-electron chi connectivity index (χ1n) is 19.6. The van der Waals surface area contributed by atoms with Gasteiger partial charge in [-0.05, 0) is 84.6 Å². The van der Waals surface area contributed by atoms with Crippen LogP contribution in [0, 0.1) is 0 Å². The van der Waals surface area contributed by atoms with Gasteiger partial charge in [-0.1, -0.05) is 0 Å². The Bertz CT molecular complexity index is 785. The van der Waals surface area contributed by atoms with Gasteiger partial charge in [0.1, 0.15) is 0 Å². The molecule has 0 aromatic carbocycles. The van der Waals surface area contributed by atoms with E-state index in [4.69, 9.17) is 0 Å². The standard InChI is InChI=1S/C37H87N13O/c1-38-13-15-40(2)17-19-42(4)21-23-44(6)25-27-46(8)29-31-48(10)33-35-50(12)36-34-49(11)32-30-47(9)28-26-45(7)24-22-43(5)20-18-41(3)16-14-39-37-51/h37-38H,13-36H2,1-12H3,(H,39,51). The highest BCUT2D eigenvalue weighted by atomic mass is 16.1. The monoisotopic (exact) mass is 730 g/mol. The zero-order valence-electron chi connectivity index (χ0n) is 35.9. The molecule has 0 saturated heterocycles. The van der Waals surface area contributed by atoms with E-state index in [1.54, 1.807) is 0 Å². The van der Waals surface area contributed by atoms with Gasteiger partial charge in [-0.25, -0.2) is 0 Å². The Kier molecular flexibility index (Phi) is 31.8. The molecule has 0 aliphatic rings. The zero-order valence-corrected chi connectivity index (χ0v) is 35.9. The predicted octanol–water partition coefficient (Wildman–Crippen LogP) is -1.80.